The summed E-state index contributed by atoms with van der Waals surface area (Å²) in [5.74, 6) is -3.65. The number of amides is 1. The average molecular weight is 489 g/mol. The Morgan fingerprint density at radius 1 is 0.667 bits per heavy atom. The topological polar surface area (TPSA) is 98.2 Å². The van der Waals surface area contributed by atoms with Crippen molar-refractivity contribution in [2.75, 3.05) is 32.7 Å². The van der Waals surface area contributed by atoms with Crippen molar-refractivity contribution in [3.05, 3.63) is 108 Å². The highest BCUT2D eigenvalue weighted by Crippen LogP contribution is 2.27. The average Bonchev–Trinajstić information content (AvgIpc) is 2.91. The first-order valence-electron chi connectivity index (χ1n) is 12.1. The minimum Gasteiger partial charge on any atom is -0.473 e. The van der Waals surface area contributed by atoms with E-state index in [-0.39, 0.29) is 11.8 Å². The second-order valence-corrected chi connectivity index (χ2v) is 8.62. The molecule has 188 valence electrons. The van der Waals surface area contributed by atoms with E-state index in [9.17, 15) is 4.79 Å². The van der Waals surface area contributed by atoms with Crippen LogP contribution in [0, 0.1) is 0 Å². The SMILES string of the molecule is O=C(C(c1ccccc1)c1ccccc1)N1CCN(CCCc2ccccc2)CC1.O=C(O)C(=O)O. The van der Waals surface area contributed by atoms with Crippen molar-refractivity contribution in [1.29, 1.82) is 0 Å². The molecule has 2 N–H and O–H groups in total. The van der Waals surface area contributed by atoms with Gasteiger partial charge in [0.1, 0.15) is 0 Å². The van der Waals surface area contributed by atoms with Crippen LogP contribution in [0.2, 0.25) is 0 Å². The minimum atomic E-state index is -1.82. The fourth-order valence-electron chi connectivity index (χ4n) is 4.29. The van der Waals surface area contributed by atoms with E-state index in [2.05, 4.69) is 64.4 Å². The Bertz CT molecular complexity index is 1050. The summed E-state index contributed by atoms with van der Waals surface area (Å²) in [4.78, 5) is 36.3. The van der Waals surface area contributed by atoms with Gasteiger partial charge in [0.25, 0.3) is 0 Å². The molecule has 0 radical (unpaired) electrons. The van der Waals surface area contributed by atoms with Crippen LogP contribution in [0.1, 0.15) is 29.0 Å². The third-order valence-electron chi connectivity index (χ3n) is 6.16. The summed E-state index contributed by atoms with van der Waals surface area (Å²) in [7, 11) is 0. The minimum absolute atomic E-state index is 0.219. The predicted octanol–water partition coefficient (Wildman–Crippen LogP) is 3.75. The van der Waals surface area contributed by atoms with Crippen molar-refractivity contribution in [3.8, 4) is 0 Å². The normalized spacial score (nSPS) is 13.5. The number of carbonyl (C=O) groups excluding carboxylic acids is 1. The number of carboxylic acids is 2. The smallest absolute Gasteiger partial charge is 0.414 e. The number of benzene rings is 3. The van der Waals surface area contributed by atoms with Gasteiger partial charge in [-0.1, -0.05) is 91.0 Å². The summed E-state index contributed by atoms with van der Waals surface area (Å²) in [6.07, 6.45) is 2.28. The summed E-state index contributed by atoms with van der Waals surface area (Å²) in [5, 5.41) is 14.8. The Kier molecular flexibility index (Phi) is 10.2. The molecule has 0 saturated carbocycles. The predicted molar refractivity (Wildman–Crippen MR) is 138 cm³/mol. The molecule has 0 unspecified atom stereocenters. The Balaban J connectivity index is 0.000000538. The quantitative estimate of drug-likeness (QED) is 0.492. The molecule has 0 bridgehead atoms. The molecule has 1 saturated heterocycles. The number of hydrogen-bond acceptors (Lipinski definition) is 4. The second kappa shape index (κ2) is 13.8. The highest BCUT2D eigenvalue weighted by Gasteiger charge is 2.29. The van der Waals surface area contributed by atoms with Crippen LogP contribution in [-0.4, -0.2) is 70.6 Å². The summed E-state index contributed by atoms with van der Waals surface area (Å²) >= 11 is 0. The first-order chi connectivity index (χ1) is 17.5. The van der Waals surface area contributed by atoms with Gasteiger partial charge >= 0.3 is 11.9 Å². The molecule has 4 rings (SSSR count). The Morgan fingerprint density at radius 2 is 1.11 bits per heavy atom. The van der Waals surface area contributed by atoms with Crippen molar-refractivity contribution in [2.24, 2.45) is 0 Å². The fraction of sp³-hybridized carbons (Fsp3) is 0.276. The van der Waals surface area contributed by atoms with E-state index in [1.807, 2.05) is 36.4 Å². The van der Waals surface area contributed by atoms with Crippen LogP contribution < -0.4 is 0 Å². The summed E-state index contributed by atoms with van der Waals surface area (Å²) in [5.41, 5.74) is 3.54. The molecule has 1 fully saturated rings. The van der Waals surface area contributed by atoms with Crippen LogP contribution in [0.25, 0.3) is 0 Å². The lowest BCUT2D eigenvalue weighted by Crippen LogP contribution is -2.50. The summed E-state index contributed by atoms with van der Waals surface area (Å²) in [6.45, 7) is 4.62. The van der Waals surface area contributed by atoms with E-state index in [1.165, 1.54) is 5.56 Å². The van der Waals surface area contributed by atoms with E-state index < -0.39 is 11.9 Å². The maximum absolute atomic E-state index is 13.5. The van der Waals surface area contributed by atoms with Crippen LogP contribution in [0.3, 0.4) is 0 Å². The maximum Gasteiger partial charge on any atom is 0.414 e. The molecule has 36 heavy (non-hydrogen) atoms. The highest BCUT2D eigenvalue weighted by atomic mass is 16.4. The Hall–Kier alpha value is -3.97. The van der Waals surface area contributed by atoms with Crippen molar-refractivity contribution < 1.29 is 24.6 Å². The lowest BCUT2D eigenvalue weighted by Gasteiger charge is -2.36. The van der Waals surface area contributed by atoms with Crippen LogP contribution in [0.4, 0.5) is 0 Å². The van der Waals surface area contributed by atoms with Crippen molar-refractivity contribution in [3.63, 3.8) is 0 Å². The van der Waals surface area contributed by atoms with E-state index in [0.717, 1.165) is 56.7 Å². The van der Waals surface area contributed by atoms with Gasteiger partial charge in [0.2, 0.25) is 5.91 Å². The molecule has 0 spiro atoms. The summed E-state index contributed by atoms with van der Waals surface area (Å²) in [6, 6.07) is 31.0. The molecular weight excluding hydrogens is 456 g/mol. The van der Waals surface area contributed by atoms with Gasteiger partial charge in [0, 0.05) is 26.2 Å². The number of carbonyl (C=O) groups is 3. The largest absolute Gasteiger partial charge is 0.473 e. The molecule has 0 aromatic heterocycles. The van der Waals surface area contributed by atoms with Crippen LogP contribution in [0.5, 0.6) is 0 Å². The number of hydrogen-bond donors (Lipinski definition) is 2. The molecule has 3 aromatic carbocycles. The first-order valence-corrected chi connectivity index (χ1v) is 12.1. The van der Waals surface area contributed by atoms with Crippen LogP contribution >= 0.6 is 0 Å². The van der Waals surface area contributed by atoms with E-state index in [4.69, 9.17) is 19.8 Å². The molecular formula is C29H32N2O5. The van der Waals surface area contributed by atoms with Crippen molar-refractivity contribution >= 4 is 17.8 Å². The van der Waals surface area contributed by atoms with Gasteiger partial charge in [-0.15, -0.1) is 0 Å². The van der Waals surface area contributed by atoms with Crippen molar-refractivity contribution in [1.82, 2.24) is 9.80 Å². The molecule has 0 aliphatic carbocycles. The Morgan fingerprint density at radius 3 is 1.56 bits per heavy atom. The number of piperazine rings is 1. The number of nitrogens with zero attached hydrogens (tertiary/aromatic N) is 2. The van der Waals surface area contributed by atoms with Crippen LogP contribution in [-0.2, 0) is 20.8 Å². The van der Waals surface area contributed by atoms with Gasteiger partial charge in [-0.25, -0.2) is 9.59 Å². The van der Waals surface area contributed by atoms with E-state index in [1.54, 1.807) is 0 Å². The highest BCUT2D eigenvalue weighted by molar-refractivity contribution is 6.27. The lowest BCUT2D eigenvalue weighted by molar-refractivity contribution is -0.159. The third kappa shape index (κ3) is 8.06. The molecule has 1 amide bonds. The standard InChI is InChI=1S/C27H30N2O.C2H2O4/c30-27(26(24-14-6-2-7-15-24)25-16-8-3-9-17-25)29-21-19-28(20-22-29)18-10-13-23-11-4-1-5-12-23;3-1(4)2(5)6/h1-9,11-12,14-17,26H,10,13,18-22H2;(H,3,4)(H,5,6). The molecule has 7 nitrogen and oxygen atoms in total. The number of aryl methyl sites for hydroxylation is 1. The Labute approximate surface area is 211 Å². The lowest BCUT2D eigenvalue weighted by atomic mass is 9.90. The molecule has 1 aliphatic heterocycles. The maximum atomic E-state index is 13.5. The zero-order valence-corrected chi connectivity index (χ0v) is 20.2. The van der Waals surface area contributed by atoms with Gasteiger partial charge < -0.3 is 15.1 Å². The van der Waals surface area contributed by atoms with Crippen molar-refractivity contribution in [2.45, 2.75) is 18.8 Å². The fourth-order valence-corrected chi connectivity index (χ4v) is 4.29. The number of rotatable bonds is 7. The van der Waals surface area contributed by atoms with E-state index >= 15 is 0 Å². The van der Waals surface area contributed by atoms with Gasteiger partial charge in [-0.3, -0.25) is 9.69 Å². The zero-order valence-electron chi connectivity index (χ0n) is 20.2. The number of aliphatic carboxylic acids is 2. The van der Waals surface area contributed by atoms with Crippen LogP contribution in [0.15, 0.2) is 91.0 Å². The zero-order chi connectivity index (χ0) is 25.8. The summed E-state index contributed by atoms with van der Waals surface area (Å²) < 4.78 is 0. The molecule has 0 atom stereocenters. The van der Waals surface area contributed by atoms with E-state index in [0.29, 0.717) is 0 Å². The third-order valence-corrected chi connectivity index (χ3v) is 6.16. The van der Waals surface area contributed by atoms with Gasteiger partial charge in [-0.2, -0.15) is 0 Å². The molecule has 7 heteroatoms. The molecule has 1 heterocycles. The van der Waals surface area contributed by atoms with Gasteiger partial charge in [0.05, 0.1) is 5.92 Å². The van der Waals surface area contributed by atoms with Gasteiger partial charge in [0.15, 0.2) is 0 Å². The molecule has 1 aliphatic rings. The number of carboxylic acid groups (broad SMARTS) is 2. The first kappa shape index (κ1) is 26.6. The molecule has 3 aromatic rings. The second-order valence-electron chi connectivity index (χ2n) is 8.62. The monoisotopic (exact) mass is 488 g/mol. The van der Waals surface area contributed by atoms with Gasteiger partial charge in [-0.05, 0) is 36.1 Å².